The Bertz CT molecular complexity index is 355. The van der Waals surface area contributed by atoms with Crippen molar-refractivity contribution in [3.8, 4) is 0 Å². The Morgan fingerprint density at radius 2 is 0.457 bits per heavy atom. The van der Waals surface area contributed by atoms with Crippen LogP contribution < -0.4 is 0 Å². The minimum absolute atomic E-state index is 0.159. The molecular weight excluding hydrogens is 467 g/mol. The Kier molecular flexibility index (Phi) is 33.1. The summed E-state index contributed by atoms with van der Waals surface area (Å²) < 4.78 is 0. The topological polar surface area (TPSA) is 0 Å². The molecule has 0 saturated carbocycles. The highest BCUT2D eigenvalue weighted by Crippen LogP contribution is 2.17. The molecule has 0 rings (SSSR count). The van der Waals surface area contributed by atoms with Gasteiger partial charge in [-0.15, -0.1) is 23.2 Å². The molecule has 0 aliphatic rings. The Hall–Kier alpha value is 0.580. The van der Waals surface area contributed by atoms with Crippen LogP contribution in [-0.4, -0.2) is 4.84 Å². The fraction of sp³-hybridized carbons (Fsp3) is 1.00. The first kappa shape index (κ1) is 35.6. The Labute approximate surface area is 233 Å². The summed E-state index contributed by atoms with van der Waals surface area (Å²) in [7, 11) is 0. The molecule has 0 heterocycles. The van der Waals surface area contributed by atoms with Crippen LogP contribution in [0.2, 0.25) is 0 Å². The van der Waals surface area contributed by atoms with Crippen molar-refractivity contribution >= 4 is 23.2 Å². The van der Waals surface area contributed by atoms with E-state index < -0.39 is 0 Å². The lowest BCUT2D eigenvalue weighted by atomic mass is 10.0. The van der Waals surface area contributed by atoms with E-state index in [1.54, 1.807) is 0 Å². The Morgan fingerprint density at radius 1 is 0.286 bits per heavy atom. The van der Waals surface area contributed by atoms with E-state index in [1.807, 2.05) is 0 Å². The largest absolute Gasteiger partial charge is 0.107 e. The van der Waals surface area contributed by atoms with E-state index >= 15 is 0 Å². The summed E-state index contributed by atoms with van der Waals surface area (Å²) in [5.74, 6) is 0. The van der Waals surface area contributed by atoms with Gasteiger partial charge in [0.25, 0.3) is 0 Å². The van der Waals surface area contributed by atoms with Crippen LogP contribution in [0.5, 0.6) is 0 Å². The first-order chi connectivity index (χ1) is 17.3. The van der Waals surface area contributed by atoms with Gasteiger partial charge >= 0.3 is 0 Å². The summed E-state index contributed by atoms with van der Waals surface area (Å²) in [6.45, 7) is 2.30. The van der Waals surface area contributed by atoms with E-state index in [0.29, 0.717) is 0 Å². The van der Waals surface area contributed by atoms with Crippen LogP contribution in [-0.2, 0) is 0 Å². The quantitative estimate of drug-likeness (QED) is 0.0614. The van der Waals surface area contributed by atoms with Gasteiger partial charge in [0.2, 0.25) is 0 Å². The normalized spacial score (nSPS) is 11.7. The number of hydrogen-bond acceptors (Lipinski definition) is 0. The summed E-state index contributed by atoms with van der Waals surface area (Å²) in [6, 6.07) is 0. The molecule has 0 aromatic heterocycles. The van der Waals surface area contributed by atoms with Crippen molar-refractivity contribution in [2.24, 2.45) is 0 Å². The van der Waals surface area contributed by atoms with Gasteiger partial charge in [-0.2, -0.15) is 0 Å². The van der Waals surface area contributed by atoms with E-state index in [0.717, 1.165) is 6.42 Å². The lowest BCUT2D eigenvalue weighted by Gasteiger charge is -2.05. The molecular formula is C33H66Cl2. The highest BCUT2D eigenvalue weighted by atomic mass is 35.5. The standard InChI is InChI=1S/C33H66Cl2/c1-2-3-4-5-6-7-8-9-10-11-12-13-14-15-16-17-18-19-20-21-22-23-24-25-26-27-28-29-30-31-32-33(34)35/h33H,2-32H2,1H3. The molecule has 0 aliphatic carbocycles. The predicted octanol–water partition coefficient (Wildman–Crippen LogP) is 13.9. The van der Waals surface area contributed by atoms with E-state index in [9.17, 15) is 0 Å². The zero-order valence-electron chi connectivity index (χ0n) is 24.3. The third-order valence-corrected chi connectivity index (χ3v) is 8.21. The zero-order valence-corrected chi connectivity index (χ0v) is 25.8. The van der Waals surface area contributed by atoms with Gasteiger partial charge in [-0.3, -0.25) is 0 Å². The monoisotopic (exact) mass is 532 g/mol. The minimum atomic E-state index is -0.159. The molecule has 0 nitrogen and oxygen atoms in total. The van der Waals surface area contributed by atoms with Crippen LogP contribution in [0.4, 0.5) is 0 Å². The lowest BCUT2D eigenvalue weighted by molar-refractivity contribution is 0.512. The molecule has 0 aromatic rings. The predicted molar refractivity (Wildman–Crippen MR) is 164 cm³/mol. The summed E-state index contributed by atoms with van der Waals surface area (Å²) in [4.78, 5) is -0.159. The van der Waals surface area contributed by atoms with Gasteiger partial charge < -0.3 is 0 Å². The maximum Gasteiger partial charge on any atom is 0.107 e. The minimum Gasteiger partial charge on any atom is -0.105 e. The lowest BCUT2D eigenvalue weighted by Crippen LogP contribution is -1.87. The third-order valence-electron chi connectivity index (χ3n) is 7.78. The van der Waals surface area contributed by atoms with Crippen molar-refractivity contribution in [1.29, 1.82) is 0 Å². The van der Waals surface area contributed by atoms with Crippen molar-refractivity contribution in [3.63, 3.8) is 0 Å². The van der Waals surface area contributed by atoms with Crippen LogP contribution in [0, 0.1) is 0 Å². The smallest absolute Gasteiger partial charge is 0.105 e. The second-order valence-electron chi connectivity index (χ2n) is 11.4. The second kappa shape index (κ2) is 32.6. The summed E-state index contributed by atoms with van der Waals surface area (Å²) in [5.41, 5.74) is 0. The number of unbranched alkanes of at least 4 members (excludes halogenated alkanes) is 29. The molecule has 0 atom stereocenters. The van der Waals surface area contributed by atoms with Gasteiger partial charge in [-0.25, -0.2) is 0 Å². The fourth-order valence-electron chi connectivity index (χ4n) is 5.32. The molecule has 0 N–H and O–H groups in total. The van der Waals surface area contributed by atoms with Crippen molar-refractivity contribution in [2.45, 2.75) is 211 Å². The van der Waals surface area contributed by atoms with Gasteiger partial charge in [-0.1, -0.05) is 200 Å². The summed E-state index contributed by atoms with van der Waals surface area (Å²) in [6.07, 6.45) is 44.4. The van der Waals surface area contributed by atoms with Crippen molar-refractivity contribution in [2.75, 3.05) is 0 Å². The fourth-order valence-corrected chi connectivity index (χ4v) is 5.63. The molecule has 0 aliphatic heterocycles. The van der Waals surface area contributed by atoms with Gasteiger partial charge in [0.05, 0.1) is 0 Å². The Morgan fingerprint density at radius 3 is 0.629 bits per heavy atom. The molecule has 0 radical (unpaired) electrons. The van der Waals surface area contributed by atoms with E-state index in [2.05, 4.69) is 6.92 Å². The molecule has 0 saturated heterocycles. The number of halogens is 2. The number of rotatable bonds is 31. The number of alkyl halides is 2. The van der Waals surface area contributed by atoms with Crippen LogP contribution in [0.3, 0.4) is 0 Å². The molecule has 0 aromatic carbocycles. The average molecular weight is 534 g/mol. The molecule has 2 heteroatoms. The molecule has 0 bridgehead atoms. The second-order valence-corrected chi connectivity index (χ2v) is 12.7. The van der Waals surface area contributed by atoms with Crippen LogP contribution in [0.25, 0.3) is 0 Å². The van der Waals surface area contributed by atoms with E-state index in [-0.39, 0.29) is 4.84 Å². The van der Waals surface area contributed by atoms with E-state index in [1.165, 1.54) is 193 Å². The average Bonchev–Trinajstić information content (AvgIpc) is 2.85. The Balaban J connectivity index is 3.01. The third kappa shape index (κ3) is 34.6. The van der Waals surface area contributed by atoms with Crippen LogP contribution in [0.1, 0.15) is 206 Å². The summed E-state index contributed by atoms with van der Waals surface area (Å²) in [5, 5.41) is 0. The molecule has 212 valence electrons. The van der Waals surface area contributed by atoms with Gasteiger partial charge in [0.1, 0.15) is 4.84 Å². The van der Waals surface area contributed by atoms with Crippen molar-refractivity contribution in [1.82, 2.24) is 0 Å². The molecule has 35 heavy (non-hydrogen) atoms. The molecule has 0 fully saturated rings. The molecule has 0 amide bonds. The maximum absolute atomic E-state index is 5.76. The summed E-state index contributed by atoms with van der Waals surface area (Å²) >= 11 is 11.5. The van der Waals surface area contributed by atoms with Crippen LogP contribution >= 0.6 is 23.2 Å². The first-order valence-corrected chi connectivity index (χ1v) is 17.4. The van der Waals surface area contributed by atoms with Gasteiger partial charge in [0, 0.05) is 0 Å². The van der Waals surface area contributed by atoms with Gasteiger partial charge in [0.15, 0.2) is 0 Å². The first-order valence-electron chi connectivity index (χ1n) is 16.6. The highest BCUT2D eigenvalue weighted by molar-refractivity contribution is 6.44. The van der Waals surface area contributed by atoms with Crippen molar-refractivity contribution in [3.05, 3.63) is 0 Å². The zero-order chi connectivity index (χ0) is 25.5. The van der Waals surface area contributed by atoms with Crippen LogP contribution in [0.15, 0.2) is 0 Å². The van der Waals surface area contributed by atoms with Gasteiger partial charge in [-0.05, 0) is 6.42 Å². The molecule has 0 unspecified atom stereocenters. The number of hydrogen-bond donors (Lipinski definition) is 0. The maximum atomic E-state index is 5.76. The SMILES string of the molecule is CCCCCCCCCCCCCCCCCCCCCCCCCCCCCCCCC(Cl)Cl. The van der Waals surface area contributed by atoms with Crippen molar-refractivity contribution < 1.29 is 0 Å². The van der Waals surface area contributed by atoms with E-state index in [4.69, 9.17) is 23.2 Å². The highest BCUT2D eigenvalue weighted by Gasteiger charge is 1.99. The molecule has 0 spiro atoms.